The van der Waals surface area contributed by atoms with Crippen LogP contribution in [0, 0.1) is 5.82 Å². The van der Waals surface area contributed by atoms with Crippen LogP contribution in [-0.4, -0.2) is 26.8 Å². The van der Waals surface area contributed by atoms with Crippen molar-refractivity contribution in [3.05, 3.63) is 86.9 Å². The SMILES string of the molecule is O=C(NCc1ccc(Cl)nc1)c1cc(C(=O)NCc2ccc(F)c(Br)c2)ncn1. The molecule has 10 heteroatoms. The Morgan fingerprint density at radius 2 is 1.55 bits per heavy atom. The lowest BCUT2D eigenvalue weighted by molar-refractivity contribution is 0.0944. The van der Waals surface area contributed by atoms with E-state index in [-0.39, 0.29) is 30.3 Å². The van der Waals surface area contributed by atoms with E-state index in [0.717, 1.165) is 11.9 Å². The number of halogens is 3. The van der Waals surface area contributed by atoms with E-state index in [9.17, 15) is 14.0 Å². The minimum Gasteiger partial charge on any atom is -0.347 e. The summed E-state index contributed by atoms with van der Waals surface area (Å²) in [6.07, 6.45) is 2.69. The van der Waals surface area contributed by atoms with E-state index in [2.05, 4.69) is 41.5 Å². The Morgan fingerprint density at radius 3 is 2.14 bits per heavy atom. The van der Waals surface area contributed by atoms with Gasteiger partial charge in [-0.1, -0.05) is 23.7 Å². The molecule has 2 N–H and O–H groups in total. The van der Waals surface area contributed by atoms with Crippen LogP contribution in [-0.2, 0) is 13.1 Å². The van der Waals surface area contributed by atoms with Crippen LogP contribution < -0.4 is 10.6 Å². The number of nitrogens with one attached hydrogen (secondary N) is 2. The van der Waals surface area contributed by atoms with Gasteiger partial charge in [-0.2, -0.15) is 0 Å². The van der Waals surface area contributed by atoms with Crippen LogP contribution in [0.15, 0.2) is 53.4 Å². The molecule has 0 aliphatic rings. The number of carbonyl (C=O) groups excluding carboxylic acids is 2. The molecular weight excluding hydrogens is 465 g/mol. The van der Waals surface area contributed by atoms with Crippen LogP contribution in [0.1, 0.15) is 32.1 Å². The molecule has 0 saturated carbocycles. The highest BCUT2D eigenvalue weighted by Gasteiger charge is 2.13. The summed E-state index contributed by atoms with van der Waals surface area (Å²) >= 11 is 8.82. The number of aromatic nitrogens is 3. The Hall–Kier alpha value is -2.91. The van der Waals surface area contributed by atoms with Gasteiger partial charge in [0.15, 0.2) is 0 Å². The maximum atomic E-state index is 13.3. The second kappa shape index (κ2) is 9.53. The zero-order chi connectivity index (χ0) is 20.8. The van der Waals surface area contributed by atoms with Crippen molar-refractivity contribution in [3.63, 3.8) is 0 Å². The Balaban J connectivity index is 1.60. The molecule has 0 aliphatic heterocycles. The summed E-state index contributed by atoms with van der Waals surface area (Å²) in [6, 6.07) is 9.09. The number of carbonyl (C=O) groups is 2. The molecule has 3 rings (SSSR count). The van der Waals surface area contributed by atoms with Gasteiger partial charge < -0.3 is 10.6 Å². The molecule has 0 bridgehead atoms. The average molecular weight is 479 g/mol. The van der Waals surface area contributed by atoms with Crippen molar-refractivity contribution in [2.24, 2.45) is 0 Å². The molecule has 29 heavy (non-hydrogen) atoms. The minimum absolute atomic E-state index is 0.0412. The molecular formula is C19H14BrClFN5O2. The summed E-state index contributed by atoms with van der Waals surface area (Å²) in [5.74, 6) is -1.33. The normalized spacial score (nSPS) is 10.4. The van der Waals surface area contributed by atoms with Crippen LogP contribution in [0.2, 0.25) is 5.15 Å². The largest absolute Gasteiger partial charge is 0.347 e. The smallest absolute Gasteiger partial charge is 0.270 e. The lowest BCUT2D eigenvalue weighted by atomic mass is 10.2. The number of rotatable bonds is 6. The van der Waals surface area contributed by atoms with Gasteiger partial charge in [0.1, 0.15) is 28.7 Å². The predicted octanol–water partition coefficient (Wildman–Crippen LogP) is 3.29. The van der Waals surface area contributed by atoms with Gasteiger partial charge in [-0.3, -0.25) is 9.59 Å². The molecule has 0 unspecified atom stereocenters. The summed E-state index contributed by atoms with van der Waals surface area (Å²) < 4.78 is 13.6. The van der Waals surface area contributed by atoms with E-state index in [4.69, 9.17) is 11.6 Å². The number of hydrogen-bond acceptors (Lipinski definition) is 5. The highest BCUT2D eigenvalue weighted by molar-refractivity contribution is 9.10. The van der Waals surface area contributed by atoms with E-state index < -0.39 is 11.8 Å². The van der Waals surface area contributed by atoms with Crippen molar-refractivity contribution >= 4 is 39.3 Å². The fraction of sp³-hybridized carbons (Fsp3) is 0.105. The highest BCUT2D eigenvalue weighted by atomic mass is 79.9. The molecule has 0 fully saturated rings. The summed E-state index contributed by atoms with van der Waals surface area (Å²) in [5.41, 5.74) is 1.56. The van der Waals surface area contributed by atoms with E-state index in [1.165, 1.54) is 12.1 Å². The van der Waals surface area contributed by atoms with Gasteiger partial charge in [0.25, 0.3) is 11.8 Å². The minimum atomic E-state index is -0.483. The van der Waals surface area contributed by atoms with Gasteiger partial charge in [-0.15, -0.1) is 0 Å². The Kier molecular flexibility index (Phi) is 6.84. The Labute approximate surface area is 178 Å². The van der Waals surface area contributed by atoms with Crippen molar-refractivity contribution in [2.45, 2.75) is 13.1 Å². The molecule has 1 aromatic carbocycles. The van der Waals surface area contributed by atoms with Crippen LogP contribution in [0.5, 0.6) is 0 Å². The van der Waals surface area contributed by atoms with Gasteiger partial charge in [0, 0.05) is 25.4 Å². The van der Waals surface area contributed by atoms with Crippen molar-refractivity contribution < 1.29 is 14.0 Å². The zero-order valence-corrected chi connectivity index (χ0v) is 17.2. The zero-order valence-electron chi connectivity index (χ0n) is 14.8. The monoisotopic (exact) mass is 477 g/mol. The molecule has 0 aliphatic carbocycles. The fourth-order valence-electron chi connectivity index (χ4n) is 2.31. The molecule has 2 aromatic heterocycles. The molecule has 148 valence electrons. The Morgan fingerprint density at radius 1 is 0.931 bits per heavy atom. The first-order valence-corrected chi connectivity index (χ1v) is 9.52. The lowest BCUT2D eigenvalue weighted by Gasteiger charge is -2.07. The van der Waals surface area contributed by atoms with Crippen molar-refractivity contribution in [1.82, 2.24) is 25.6 Å². The first-order valence-electron chi connectivity index (χ1n) is 8.35. The van der Waals surface area contributed by atoms with Crippen LogP contribution >= 0.6 is 27.5 Å². The molecule has 7 nitrogen and oxygen atoms in total. The fourth-order valence-corrected chi connectivity index (χ4v) is 2.85. The second-order valence-electron chi connectivity index (χ2n) is 5.89. The van der Waals surface area contributed by atoms with Crippen molar-refractivity contribution in [1.29, 1.82) is 0 Å². The molecule has 2 heterocycles. The third kappa shape index (κ3) is 5.78. The van der Waals surface area contributed by atoms with E-state index in [0.29, 0.717) is 15.2 Å². The number of nitrogens with zero attached hydrogens (tertiary/aromatic N) is 3. The lowest BCUT2D eigenvalue weighted by Crippen LogP contribution is -2.27. The van der Waals surface area contributed by atoms with E-state index in [1.54, 1.807) is 30.5 Å². The summed E-state index contributed by atoms with van der Waals surface area (Å²) in [5, 5.41) is 5.71. The van der Waals surface area contributed by atoms with Crippen LogP contribution in [0.4, 0.5) is 4.39 Å². The summed E-state index contributed by atoms with van der Waals surface area (Å²) in [7, 11) is 0. The van der Waals surface area contributed by atoms with E-state index >= 15 is 0 Å². The molecule has 2 amide bonds. The third-order valence-electron chi connectivity index (χ3n) is 3.81. The van der Waals surface area contributed by atoms with Crippen LogP contribution in [0.25, 0.3) is 0 Å². The summed E-state index contributed by atoms with van der Waals surface area (Å²) in [4.78, 5) is 36.3. The maximum absolute atomic E-state index is 13.3. The van der Waals surface area contributed by atoms with Gasteiger partial charge in [0.2, 0.25) is 0 Å². The third-order valence-corrected chi connectivity index (χ3v) is 4.64. The topological polar surface area (TPSA) is 96.9 Å². The first-order chi connectivity index (χ1) is 13.9. The second-order valence-corrected chi connectivity index (χ2v) is 7.13. The molecule has 0 atom stereocenters. The first kappa shape index (κ1) is 20.8. The van der Waals surface area contributed by atoms with Gasteiger partial charge in [0.05, 0.1) is 4.47 Å². The number of benzene rings is 1. The molecule has 0 spiro atoms. The average Bonchev–Trinajstić information content (AvgIpc) is 2.73. The summed E-state index contributed by atoms with van der Waals surface area (Å²) in [6.45, 7) is 0.404. The van der Waals surface area contributed by atoms with Gasteiger partial charge in [-0.25, -0.2) is 19.3 Å². The van der Waals surface area contributed by atoms with Crippen LogP contribution in [0.3, 0.4) is 0 Å². The predicted molar refractivity (Wildman–Crippen MR) is 108 cm³/mol. The van der Waals surface area contributed by atoms with Gasteiger partial charge >= 0.3 is 0 Å². The molecule has 0 radical (unpaired) electrons. The molecule has 3 aromatic rings. The highest BCUT2D eigenvalue weighted by Crippen LogP contribution is 2.16. The van der Waals surface area contributed by atoms with Gasteiger partial charge in [-0.05, 0) is 45.3 Å². The quantitative estimate of drug-likeness (QED) is 0.530. The molecule has 0 saturated heterocycles. The van der Waals surface area contributed by atoms with Crippen molar-refractivity contribution in [2.75, 3.05) is 0 Å². The van der Waals surface area contributed by atoms with E-state index in [1.807, 2.05) is 0 Å². The number of amides is 2. The maximum Gasteiger partial charge on any atom is 0.270 e. The standard InChI is InChI=1S/C19H14BrClFN5O2/c20-13-5-11(1-3-14(13)22)7-24-18(28)15-6-16(27-10-26-15)19(29)25-9-12-2-4-17(21)23-8-12/h1-6,8,10H,7,9H2,(H,24,28)(H,25,29). The number of pyridine rings is 1. The number of hydrogen-bond donors (Lipinski definition) is 2. The van der Waals surface area contributed by atoms with Crippen molar-refractivity contribution in [3.8, 4) is 0 Å². The Bertz CT molecular complexity index is 1050.